The molecule has 98 valence electrons. The molecule has 0 aromatic carbocycles. The molecule has 1 aromatic heterocycles. The number of nitrogens with zero attached hydrogens (tertiary/aromatic N) is 1. The highest BCUT2D eigenvalue weighted by atomic mass is 32.1. The van der Waals surface area contributed by atoms with Gasteiger partial charge in [0.2, 0.25) is 0 Å². The van der Waals surface area contributed by atoms with Gasteiger partial charge in [0.1, 0.15) is 6.61 Å². The Morgan fingerprint density at radius 1 is 1.61 bits per heavy atom. The van der Waals surface area contributed by atoms with Gasteiger partial charge in [-0.2, -0.15) is 0 Å². The van der Waals surface area contributed by atoms with Crippen LogP contribution < -0.4 is 0 Å². The molecule has 1 aromatic rings. The number of hydrogen-bond acceptors (Lipinski definition) is 4. The molecule has 0 saturated heterocycles. The standard InChI is InChI=1S/C14H19NO2S/c1-2-7-17-11-13(16)9-15(12-5-6-12)10-14-4-3-8-18-14/h1,3-4,8,12-13,16H,5-7,9-11H2. The van der Waals surface area contributed by atoms with Crippen molar-refractivity contribution >= 4 is 11.3 Å². The van der Waals surface area contributed by atoms with Gasteiger partial charge in [0, 0.05) is 24.0 Å². The van der Waals surface area contributed by atoms with E-state index in [-0.39, 0.29) is 6.61 Å². The second-order valence-corrected chi connectivity index (χ2v) is 5.65. The third-order valence-electron chi connectivity index (χ3n) is 2.94. The molecule has 1 heterocycles. The van der Waals surface area contributed by atoms with Crippen LogP contribution in [0.2, 0.25) is 0 Å². The number of ether oxygens (including phenoxy) is 1. The minimum Gasteiger partial charge on any atom is -0.389 e. The summed E-state index contributed by atoms with van der Waals surface area (Å²) in [6.07, 6.45) is 7.12. The van der Waals surface area contributed by atoms with Crippen molar-refractivity contribution in [2.24, 2.45) is 0 Å². The lowest BCUT2D eigenvalue weighted by Gasteiger charge is -2.24. The molecule has 0 bridgehead atoms. The summed E-state index contributed by atoms with van der Waals surface area (Å²) >= 11 is 1.76. The van der Waals surface area contributed by atoms with Crippen LogP contribution in [0, 0.1) is 12.3 Å². The predicted molar refractivity (Wildman–Crippen MR) is 73.4 cm³/mol. The Kier molecular flexibility index (Phi) is 5.21. The monoisotopic (exact) mass is 265 g/mol. The second-order valence-electron chi connectivity index (χ2n) is 4.61. The molecule has 4 heteroatoms. The zero-order valence-corrected chi connectivity index (χ0v) is 11.2. The summed E-state index contributed by atoms with van der Waals surface area (Å²) in [6.45, 7) is 2.17. The van der Waals surface area contributed by atoms with Crippen molar-refractivity contribution in [1.29, 1.82) is 0 Å². The highest BCUT2D eigenvalue weighted by Gasteiger charge is 2.30. The third-order valence-corrected chi connectivity index (χ3v) is 3.80. The molecule has 1 atom stereocenters. The lowest BCUT2D eigenvalue weighted by molar-refractivity contribution is 0.0244. The van der Waals surface area contributed by atoms with Crippen LogP contribution in [0.1, 0.15) is 17.7 Å². The molecular weight excluding hydrogens is 246 g/mol. The Morgan fingerprint density at radius 2 is 2.44 bits per heavy atom. The first-order chi connectivity index (χ1) is 8.79. The molecule has 3 nitrogen and oxygen atoms in total. The fourth-order valence-corrected chi connectivity index (χ4v) is 2.69. The summed E-state index contributed by atoms with van der Waals surface area (Å²) in [5, 5.41) is 12.0. The van der Waals surface area contributed by atoms with E-state index in [9.17, 15) is 5.11 Å². The Balaban J connectivity index is 1.77. The van der Waals surface area contributed by atoms with Crippen molar-refractivity contribution < 1.29 is 9.84 Å². The van der Waals surface area contributed by atoms with Crippen molar-refractivity contribution in [1.82, 2.24) is 4.90 Å². The van der Waals surface area contributed by atoms with Gasteiger partial charge in [0.15, 0.2) is 0 Å². The lowest BCUT2D eigenvalue weighted by Crippen LogP contribution is -2.35. The normalized spacial score (nSPS) is 16.7. The van der Waals surface area contributed by atoms with Crippen molar-refractivity contribution in [2.75, 3.05) is 19.8 Å². The molecular formula is C14H19NO2S. The first-order valence-corrected chi connectivity index (χ1v) is 7.13. The number of rotatable bonds is 8. The number of aliphatic hydroxyl groups excluding tert-OH is 1. The van der Waals surface area contributed by atoms with E-state index in [1.807, 2.05) is 0 Å². The SMILES string of the molecule is C#CCOCC(O)CN(Cc1cccs1)C1CC1. The average molecular weight is 265 g/mol. The van der Waals surface area contributed by atoms with Gasteiger partial charge in [-0.15, -0.1) is 17.8 Å². The summed E-state index contributed by atoms with van der Waals surface area (Å²) in [4.78, 5) is 3.69. The molecule has 0 aliphatic heterocycles. The maximum atomic E-state index is 9.92. The van der Waals surface area contributed by atoms with Crippen LogP contribution in [0.3, 0.4) is 0 Å². The van der Waals surface area contributed by atoms with E-state index in [4.69, 9.17) is 11.2 Å². The van der Waals surface area contributed by atoms with Crippen molar-refractivity contribution in [3.8, 4) is 12.3 Å². The van der Waals surface area contributed by atoms with Crippen molar-refractivity contribution in [3.63, 3.8) is 0 Å². The first kappa shape index (κ1) is 13.6. The number of aliphatic hydroxyl groups is 1. The summed E-state index contributed by atoms with van der Waals surface area (Å²) in [7, 11) is 0. The Bertz CT molecular complexity index is 381. The number of hydrogen-bond donors (Lipinski definition) is 1. The van der Waals surface area contributed by atoms with Gasteiger partial charge in [0.25, 0.3) is 0 Å². The molecule has 1 aliphatic carbocycles. The van der Waals surface area contributed by atoms with Gasteiger partial charge in [-0.25, -0.2) is 0 Å². The summed E-state index contributed by atoms with van der Waals surface area (Å²) in [5.74, 6) is 2.40. The van der Waals surface area contributed by atoms with E-state index >= 15 is 0 Å². The highest BCUT2D eigenvalue weighted by Crippen LogP contribution is 2.29. The summed E-state index contributed by atoms with van der Waals surface area (Å²) in [5.41, 5.74) is 0. The van der Waals surface area contributed by atoms with Gasteiger partial charge in [0.05, 0.1) is 12.7 Å². The minimum absolute atomic E-state index is 0.269. The van der Waals surface area contributed by atoms with E-state index in [0.29, 0.717) is 19.2 Å². The number of terminal acetylenes is 1. The molecule has 1 saturated carbocycles. The smallest absolute Gasteiger partial charge is 0.107 e. The predicted octanol–water partition coefficient (Wildman–Crippen LogP) is 1.72. The molecule has 18 heavy (non-hydrogen) atoms. The molecule has 2 rings (SSSR count). The fourth-order valence-electron chi connectivity index (χ4n) is 1.96. The zero-order valence-electron chi connectivity index (χ0n) is 10.4. The van der Waals surface area contributed by atoms with Gasteiger partial charge in [-0.3, -0.25) is 4.90 Å². The van der Waals surface area contributed by atoms with Gasteiger partial charge < -0.3 is 9.84 Å². The molecule has 1 N–H and O–H groups in total. The largest absolute Gasteiger partial charge is 0.389 e. The van der Waals surface area contributed by atoms with Crippen molar-refractivity contribution in [2.45, 2.75) is 31.5 Å². The summed E-state index contributed by atoms with van der Waals surface area (Å²) in [6, 6.07) is 4.84. The van der Waals surface area contributed by atoms with E-state index in [1.54, 1.807) is 11.3 Å². The minimum atomic E-state index is -0.459. The van der Waals surface area contributed by atoms with Crippen molar-refractivity contribution in [3.05, 3.63) is 22.4 Å². The average Bonchev–Trinajstić information content (AvgIpc) is 3.08. The lowest BCUT2D eigenvalue weighted by atomic mass is 10.3. The van der Waals surface area contributed by atoms with Crippen LogP contribution in [0.25, 0.3) is 0 Å². The van der Waals surface area contributed by atoms with Crippen LogP contribution in [0.4, 0.5) is 0 Å². The first-order valence-electron chi connectivity index (χ1n) is 6.25. The molecule has 0 spiro atoms. The molecule has 1 aliphatic rings. The van der Waals surface area contributed by atoms with Gasteiger partial charge >= 0.3 is 0 Å². The van der Waals surface area contributed by atoms with E-state index in [0.717, 1.165) is 6.54 Å². The Labute approximate surface area is 112 Å². The van der Waals surface area contributed by atoms with E-state index in [1.165, 1.54) is 17.7 Å². The van der Waals surface area contributed by atoms with Crippen LogP contribution in [0.5, 0.6) is 0 Å². The van der Waals surface area contributed by atoms with Crippen LogP contribution in [-0.4, -0.2) is 41.9 Å². The maximum Gasteiger partial charge on any atom is 0.107 e. The third kappa shape index (κ3) is 4.43. The number of thiophene rings is 1. The molecule has 1 unspecified atom stereocenters. The van der Waals surface area contributed by atoms with Gasteiger partial charge in [-0.1, -0.05) is 12.0 Å². The van der Waals surface area contributed by atoms with Gasteiger partial charge in [-0.05, 0) is 24.3 Å². The van der Waals surface area contributed by atoms with Crippen LogP contribution in [0.15, 0.2) is 17.5 Å². The van der Waals surface area contributed by atoms with Crippen LogP contribution >= 0.6 is 11.3 Å². The maximum absolute atomic E-state index is 9.92. The fraction of sp³-hybridized carbons (Fsp3) is 0.571. The molecule has 0 radical (unpaired) electrons. The highest BCUT2D eigenvalue weighted by molar-refractivity contribution is 7.09. The Morgan fingerprint density at radius 3 is 3.06 bits per heavy atom. The Hall–Kier alpha value is -0.860. The topological polar surface area (TPSA) is 32.7 Å². The quantitative estimate of drug-likeness (QED) is 0.574. The summed E-state index contributed by atoms with van der Waals surface area (Å²) < 4.78 is 5.17. The van der Waals surface area contributed by atoms with E-state index in [2.05, 4.69) is 28.3 Å². The zero-order chi connectivity index (χ0) is 12.8. The van der Waals surface area contributed by atoms with E-state index < -0.39 is 6.10 Å². The molecule has 1 fully saturated rings. The second kappa shape index (κ2) is 6.91. The van der Waals surface area contributed by atoms with Crippen LogP contribution in [-0.2, 0) is 11.3 Å². The molecule has 0 amide bonds.